The lowest BCUT2D eigenvalue weighted by Gasteiger charge is -2.21. The molecule has 0 unspecified atom stereocenters. The van der Waals surface area contributed by atoms with Crippen LogP contribution in [0.4, 0.5) is 23.2 Å². The van der Waals surface area contributed by atoms with Gasteiger partial charge in [-0.3, -0.25) is 0 Å². The van der Waals surface area contributed by atoms with E-state index in [1.165, 1.54) is 18.0 Å². The van der Waals surface area contributed by atoms with Crippen LogP contribution < -0.4 is 4.90 Å². The first-order valence-electron chi connectivity index (χ1n) is 5.93. The van der Waals surface area contributed by atoms with Crippen molar-refractivity contribution >= 4 is 32.5 Å². The number of hydrogen-bond donors (Lipinski definition) is 1. The molecule has 0 fully saturated rings. The zero-order valence-corrected chi connectivity index (χ0v) is 12.5. The fourth-order valence-electron chi connectivity index (χ4n) is 1.97. The SMILES string of the molecule is CN(CCO)c1cc(C(F)(F)F)nc2c(F)cc(Br)cc12. The Labute approximate surface area is 126 Å². The highest BCUT2D eigenvalue weighted by Gasteiger charge is 2.34. The number of benzene rings is 1. The molecule has 0 aliphatic rings. The monoisotopic (exact) mass is 366 g/mol. The van der Waals surface area contributed by atoms with Gasteiger partial charge in [0.2, 0.25) is 0 Å². The second-order valence-electron chi connectivity index (χ2n) is 4.45. The van der Waals surface area contributed by atoms with E-state index < -0.39 is 17.7 Å². The van der Waals surface area contributed by atoms with E-state index in [4.69, 9.17) is 5.11 Å². The molecule has 1 heterocycles. The summed E-state index contributed by atoms with van der Waals surface area (Å²) in [7, 11) is 1.52. The number of likely N-dealkylation sites (N-methyl/N-ethyl adjacent to an activating group) is 1. The first kappa shape index (κ1) is 16.0. The number of halogens is 5. The number of fused-ring (bicyclic) bond motifs is 1. The second-order valence-corrected chi connectivity index (χ2v) is 5.37. The van der Waals surface area contributed by atoms with Gasteiger partial charge < -0.3 is 10.0 Å². The van der Waals surface area contributed by atoms with E-state index in [1.54, 1.807) is 0 Å². The van der Waals surface area contributed by atoms with Crippen molar-refractivity contribution in [2.24, 2.45) is 0 Å². The topological polar surface area (TPSA) is 36.4 Å². The van der Waals surface area contributed by atoms with E-state index in [0.29, 0.717) is 4.47 Å². The van der Waals surface area contributed by atoms with Gasteiger partial charge in [0.05, 0.1) is 6.61 Å². The molecule has 0 spiro atoms. The van der Waals surface area contributed by atoms with E-state index in [9.17, 15) is 17.6 Å². The minimum atomic E-state index is -4.68. The van der Waals surface area contributed by atoms with Gasteiger partial charge in [-0.25, -0.2) is 9.37 Å². The van der Waals surface area contributed by atoms with Gasteiger partial charge in [-0.2, -0.15) is 13.2 Å². The van der Waals surface area contributed by atoms with Crippen molar-refractivity contribution in [1.29, 1.82) is 0 Å². The Morgan fingerprint density at radius 2 is 1.95 bits per heavy atom. The highest BCUT2D eigenvalue weighted by molar-refractivity contribution is 9.10. The summed E-state index contributed by atoms with van der Waals surface area (Å²) >= 11 is 3.11. The molecule has 1 aromatic carbocycles. The van der Waals surface area contributed by atoms with E-state index in [0.717, 1.165) is 12.1 Å². The maximum atomic E-state index is 13.9. The van der Waals surface area contributed by atoms with Gasteiger partial charge in [0.1, 0.15) is 11.2 Å². The summed E-state index contributed by atoms with van der Waals surface area (Å²) in [5.74, 6) is -0.843. The molecule has 3 nitrogen and oxygen atoms in total. The summed E-state index contributed by atoms with van der Waals surface area (Å²) in [6.07, 6.45) is -4.68. The van der Waals surface area contributed by atoms with Gasteiger partial charge in [-0.05, 0) is 18.2 Å². The lowest BCUT2D eigenvalue weighted by atomic mass is 10.1. The van der Waals surface area contributed by atoms with E-state index >= 15 is 0 Å². The number of hydrogen-bond acceptors (Lipinski definition) is 3. The Morgan fingerprint density at radius 3 is 2.52 bits per heavy atom. The number of rotatable bonds is 3. The van der Waals surface area contributed by atoms with Crippen molar-refractivity contribution in [2.45, 2.75) is 6.18 Å². The fraction of sp³-hybridized carbons (Fsp3) is 0.308. The molecule has 0 amide bonds. The molecular formula is C13H11BrF4N2O. The molecule has 0 bridgehead atoms. The summed E-state index contributed by atoms with van der Waals surface area (Å²) < 4.78 is 53.0. The van der Waals surface area contributed by atoms with Crippen molar-refractivity contribution in [2.75, 3.05) is 25.1 Å². The molecule has 114 valence electrons. The summed E-state index contributed by atoms with van der Waals surface area (Å²) in [5.41, 5.74) is -1.37. The number of alkyl halides is 3. The lowest BCUT2D eigenvalue weighted by Crippen LogP contribution is -2.22. The Hall–Kier alpha value is -1.41. The Bertz CT molecular complexity index is 675. The van der Waals surface area contributed by atoms with Crippen LogP contribution in [0.5, 0.6) is 0 Å². The van der Waals surface area contributed by atoms with Crippen LogP contribution >= 0.6 is 15.9 Å². The van der Waals surface area contributed by atoms with Crippen LogP contribution in [0.1, 0.15) is 5.69 Å². The summed E-state index contributed by atoms with van der Waals surface area (Å²) in [6.45, 7) is -0.122. The van der Waals surface area contributed by atoms with Crippen LogP contribution in [0.25, 0.3) is 10.9 Å². The Balaban J connectivity index is 2.78. The van der Waals surface area contributed by atoms with Crippen LogP contribution in [-0.4, -0.2) is 30.3 Å². The van der Waals surface area contributed by atoms with Crippen LogP contribution in [0, 0.1) is 5.82 Å². The fourth-order valence-corrected chi connectivity index (χ4v) is 2.40. The first-order chi connectivity index (χ1) is 9.74. The number of nitrogens with zero attached hydrogens (tertiary/aromatic N) is 2. The molecule has 0 aliphatic heterocycles. The van der Waals surface area contributed by atoms with Crippen molar-refractivity contribution in [3.05, 3.63) is 34.2 Å². The van der Waals surface area contributed by atoms with Crippen LogP contribution in [0.15, 0.2) is 22.7 Å². The van der Waals surface area contributed by atoms with Gasteiger partial charge in [-0.1, -0.05) is 15.9 Å². The molecule has 1 aromatic heterocycles. The zero-order chi connectivity index (χ0) is 15.8. The van der Waals surface area contributed by atoms with Gasteiger partial charge in [0.15, 0.2) is 5.82 Å². The summed E-state index contributed by atoms with van der Waals surface area (Å²) in [4.78, 5) is 4.80. The minimum Gasteiger partial charge on any atom is -0.395 e. The van der Waals surface area contributed by atoms with Gasteiger partial charge in [0, 0.05) is 29.1 Å². The zero-order valence-electron chi connectivity index (χ0n) is 10.9. The predicted molar refractivity (Wildman–Crippen MR) is 74.8 cm³/mol. The molecule has 2 rings (SSSR count). The highest BCUT2D eigenvalue weighted by atomic mass is 79.9. The quantitative estimate of drug-likeness (QED) is 0.843. The number of pyridine rings is 1. The third kappa shape index (κ3) is 3.26. The van der Waals surface area contributed by atoms with E-state index in [1.807, 2.05) is 0 Å². The third-order valence-electron chi connectivity index (χ3n) is 2.95. The smallest absolute Gasteiger partial charge is 0.395 e. The maximum absolute atomic E-state index is 13.9. The molecule has 0 saturated heterocycles. The molecule has 0 aliphatic carbocycles. The molecule has 0 saturated carbocycles. The highest BCUT2D eigenvalue weighted by Crippen LogP contribution is 2.36. The first-order valence-corrected chi connectivity index (χ1v) is 6.72. The van der Waals surface area contributed by atoms with Gasteiger partial charge in [0.25, 0.3) is 0 Å². The second kappa shape index (κ2) is 5.76. The molecule has 0 atom stereocenters. The largest absolute Gasteiger partial charge is 0.433 e. The lowest BCUT2D eigenvalue weighted by molar-refractivity contribution is -0.140. The third-order valence-corrected chi connectivity index (χ3v) is 3.40. The number of anilines is 1. The molecule has 0 radical (unpaired) electrons. The Morgan fingerprint density at radius 1 is 1.29 bits per heavy atom. The van der Waals surface area contributed by atoms with Gasteiger partial charge >= 0.3 is 6.18 Å². The van der Waals surface area contributed by atoms with Crippen LogP contribution in [0.2, 0.25) is 0 Å². The van der Waals surface area contributed by atoms with Crippen LogP contribution in [0.3, 0.4) is 0 Å². The average Bonchev–Trinajstić information content (AvgIpc) is 2.36. The summed E-state index contributed by atoms with van der Waals surface area (Å²) in [6, 6.07) is 3.41. The average molecular weight is 367 g/mol. The predicted octanol–water partition coefficient (Wildman–Crippen LogP) is 3.58. The normalized spacial score (nSPS) is 12.0. The van der Waals surface area contributed by atoms with Crippen LogP contribution in [-0.2, 0) is 6.18 Å². The van der Waals surface area contributed by atoms with E-state index in [-0.39, 0.29) is 29.7 Å². The minimum absolute atomic E-state index is 0.116. The van der Waals surface area contributed by atoms with Crippen molar-refractivity contribution in [3.8, 4) is 0 Å². The molecule has 1 N–H and O–H groups in total. The van der Waals surface area contributed by atoms with Crippen molar-refractivity contribution in [1.82, 2.24) is 4.98 Å². The maximum Gasteiger partial charge on any atom is 0.433 e. The van der Waals surface area contributed by atoms with Gasteiger partial charge in [-0.15, -0.1) is 0 Å². The van der Waals surface area contributed by atoms with Crippen molar-refractivity contribution in [3.63, 3.8) is 0 Å². The Kier molecular flexibility index (Phi) is 4.38. The molecule has 21 heavy (non-hydrogen) atoms. The van der Waals surface area contributed by atoms with E-state index in [2.05, 4.69) is 20.9 Å². The number of aliphatic hydroxyl groups excluding tert-OH is 1. The molecular weight excluding hydrogens is 356 g/mol. The molecule has 2 aromatic rings. The standard InChI is InChI=1S/C13H11BrF4N2O/c1-20(2-3-21)10-6-11(13(16,17)18)19-12-8(10)4-7(14)5-9(12)15/h4-6,21H,2-3H2,1H3. The number of aliphatic hydroxyl groups is 1. The molecule has 8 heteroatoms. The summed E-state index contributed by atoms with van der Waals surface area (Å²) in [5, 5.41) is 9.19. The van der Waals surface area contributed by atoms with Crippen molar-refractivity contribution < 1.29 is 22.7 Å². The number of aromatic nitrogens is 1.